The maximum absolute atomic E-state index is 11.9. The molecule has 2 amide bonds. The Morgan fingerprint density at radius 2 is 1.70 bits per heavy atom. The summed E-state index contributed by atoms with van der Waals surface area (Å²) >= 11 is 0. The average Bonchev–Trinajstić information content (AvgIpc) is 2.41. The van der Waals surface area contributed by atoms with E-state index in [1.807, 2.05) is 37.3 Å². The molecule has 0 aromatic heterocycles. The number of amides is 2. The van der Waals surface area contributed by atoms with Gasteiger partial charge < -0.3 is 15.7 Å². The van der Waals surface area contributed by atoms with E-state index in [2.05, 4.69) is 10.6 Å². The Kier molecular flexibility index (Phi) is 4.38. The predicted octanol–water partition coefficient (Wildman–Crippen LogP) is 3.69. The van der Waals surface area contributed by atoms with E-state index in [1.165, 1.54) is 0 Å². The van der Waals surface area contributed by atoms with Crippen LogP contribution < -0.4 is 10.6 Å². The largest absolute Gasteiger partial charge is 0.389 e. The van der Waals surface area contributed by atoms with Crippen LogP contribution in [0.15, 0.2) is 48.5 Å². The number of benzene rings is 2. The monoisotopic (exact) mass is 270 g/mol. The molecule has 2 aromatic carbocycles. The van der Waals surface area contributed by atoms with Gasteiger partial charge in [-0.2, -0.15) is 0 Å². The van der Waals surface area contributed by atoms with Crippen molar-refractivity contribution in [2.24, 2.45) is 0 Å². The van der Waals surface area contributed by atoms with Crippen molar-refractivity contribution in [1.29, 1.82) is 0 Å². The van der Waals surface area contributed by atoms with Gasteiger partial charge in [-0.15, -0.1) is 0 Å². The van der Waals surface area contributed by atoms with Gasteiger partial charge in [-0.3, -0.25) is 0 Å². The Balaban J connectivity index is 2.01. The fourth-order valence-corrected chi connectivity index (χ4v) is 1.81. The van der Waals surface area contributed by atoms with Crippen molar-refractivity contribution in [1.82, 2.24) is 0 Å². The molecule has 0 fully saturated rings. The number of carbonyl (C=O) groups excluding carboxylic acids is 1. The third-order valence-corrected chi connectivity index (χ3v) is 2.94. The van der Waals surface area contributed by atoms with Crippen LogP contribution in [0.5, 0.6) is 0 Å². The molecule has 0 saturated heterocycles. The average molecular weight is 270 g/mol. The lowest BCUT2D eigenvalue weighted by Gasteiger charge is -2.10. The summed E-state index contributed by atoms with van der Waals surface area (Å²) in [6, 6.07) is 14.4. The molecule has 1 atom stereocenters. The second kappa shape index (κ2) is 6.21. The van der Waals surface area contributed by atoms with Crippen molar-refractivity contribution in [2.45, 2.75) is 20.0 Å². The minimum atomic E-state index is -0.558. The van der Waals surface area contributed by atoms with Gasteiger partial charge in [0.05, 0.1) is 6.10 Å². The van der Waals surface area contributed by atoms with E-state index in [-0.39, 0.29) is 6.03 Å². The predicted molar refractivity (Wildman–Crippen MR) is 80.9 cm³/mol. The number of rotatable bonds is 3. The maximum atomic E-state index is 11.9. The zero-order valence-corrected chi connectivity index (χ0v) is 11.6. The van der Waals surface area contributed by atoms with E-state index >= 15 is 0 Å². The normalized spacial score (nSPS) is 11.8. The number of aliphatic hydroxyl groups excluding tert-OH is 1. The molecule has 3 N–H and O–H groups in total. The highest BCUT2D eigenvalue weighted by Crippen LogP contribution is 2.17. The van der Waals surface area contributed by atoms with Crippen molar-refractivity contribution >= 4 is 17.4 Å². The number of aryl methyl sites for hydroxylation is 1. The summed E-state index contributed by atoms with van der Waals surface area (Å²) in [4.78, 5) is 11.9. The molecule has 0 aliphatic heterocycles. The molecule has 0 saturated carbocycles. The SMILES string of the molecule is Cc1ccc(NC(=O)Nc2cccc(C(C)O)c2)cc1. The van der Waals surface area contributed by atoms with Gasteiger partial charge in [-0.1, -0.05) is 29.8 Å². The van der Waals surface area contributed by atoms with Crippen LogP contribution in [-0.4, -0.2) is 11.1 Å². The number of nitrogens with one attached hydrogen (secondary N) is 2. The summed E-state index contributed by atoms with van der Waals surface area (Å²) < 4.78 is 0. The summed E-state index contributed by atoms with van der Waals surface area (Å²) in [6.07, 6.45) is -0.558. The van der Waals surface area contributed by atoms with Crippen molar-refractivity contribution in [2.75, 3.05) is 10.6 Å². The van der Waals surface area contributed by atoms with Gasteiger partial charge in [0.2, 0.25) is 0 Å². The molecule has 4 heteroatoms. The second-order valence-electron chi connectivity index (χ2n) is 4.75. The van der Waals surface area contributed by atoms with Gasteiger partial charge in [-0.25, -0.2) is 4.79 Å². The molecule has 0 radical (unpaired) electrons. The van der Waals surface area contributed by atoms with E-state index in [1.54, 1.807) is 25.1 Å². The fraction of sp³-hybridized carbons (Fsp3) is 0.188. The first kappa shape index (κ1) is 14.1. The molecule has 1 unspecified atom stereocenters. The molecule has 4 nitrogen and oxygen atoms in total. The van der Waals surface area contributed by atoms with Crippen LogP contribution in [0.4, 0.5) is 16.2 Å². The molecule has 0 heterocycles. The lowest BCUT2D eigenvalue weighted by Crippen LogP contribution is -2.19. The lowest BCUT2D eigenvalue weighted by molar-refractivity contribution is 0.199. The molecule has 0 spiro atoms. The van der Waals surface area contributed by atoms with Gasteiger partial charge in [0.25, 0.3) is 0 Å². The Morgan fingerprint density at radius 3 is 2.35 bits per heavy atom. The van der Waals surface area contributed by atoms with Crippen LogP contribution >= 0.6 is 0 Å². The fourth-order valence-electron chi connectivity index (χ4n) is 1.81. The zero-order valence-electron chi connectivity index (χ0n) is 11.6. The minimum absolute atomic E-state index is 0.309. The topological polar surface area (TPSA) is 61.4 Å². The first-order valence-electron chi connectivity index (χ1n) is 6.47. The number of aliphatic hydroxyl groups is 1. The van der Waals surface area contributed by atoms with Crippen molar-refractivity contribution in [3.05, 3.63) is 59.7 Å². The molecule has 0 bridgehead atoms. The Labute approximate surface area is 118 Å². The van der Waals surface area contributed by atoms with Crippen LogP contribution in [-0.2, 0) is 0 Å². The Morgan fingerprint density at radius 1 is 1.05 bits per heavy atom. The van der Waals surface area contributed by atoms with Crippen LogP contribution in [0.1, 0.15) is 24.2 Å². The standard InChI is InChI=1S/C16H18N2O2/c1-11-6-8-14(9-7-11)17-16(20)18-15-5-3-4-13(10-15)12(2)19/h3-10,12,19H,1-2H3,(H2,17,18,20). The van der Waals surface area contributed by atoms with E-state index in [9.17, 15) is 9.90 Å². The summed E-state index contributed by atoms with van der Waals surface area (Å²) in [6.45, 7) is 3.68. The number of anilines is 2. The molecular weight excluding hydrogens is 252 g/mol. The van der Waals surface area contributed by atoms with Crippen LogP contribution in [0, 0.1) is 6.92 Å². The number of carbonyl (C=O) groups is 1. The minimum Gasteiger partial charge on any atom is -0.389 e. The number of hydrogen-bond acceptors (Lipinski definition) is 2. The summed E-state index contributed by atoms with van der Waals surface area (Å²) in [5.41, 5.74) is 3.28. The molecular formula is C16H18N2O2. The summed E-state index contributed by atoms with van der Waals surface area (Å²) in [7, 11) is 0. The van der Waals surface area contributed by atoms with Gasteiger partial charge >= 0.3 is 6.03 Å². The molecule has 2 aromatic rings. The van der Waals surface area contributed by atoms with Gasteiger partial charge in [0, 0.05) is 11.4 Å². The van der Waals surface area contributed by atoms with E-state index in [0.717, 1.165) is 16.8 Å². The third kappa shape index (κ3) is 3.83. The van der Waals surface area contributed by atoms with E-state index in [4.69, 9.17) is 0 Å². The van der Waals surface area contributed by atoms with E-state index < -0.39 is 6.10 Å². The second-order valence-corrected chi connectivity index (χ2v) is 4.75. The van der Waals surface area contributed by atoms with Crippen molar-refractivity contribution < 1.29 is 9.90 Å². The summed E-state index contributed by atoms with van der Waals surface area (Å²) in [5.74, 6) is 0. The number of hydrogen-bond donors (Lipinski definition) is 3. The highest BCUT2D eigenvalue weighted by molar-refractivity contribution is 5.99. The van der Waals surface area contributed by atoms with E-state index in [0.29, 0.717) is 5.69 Å². The van der Waals surface area contributed by atoms with Crippen LogP contribution in [0.25, 0.3) is 0 Å². The van der Waals surface area contributed by atoms with Crippen LogP contribution in [0.2, 0.25) is 0 Å². The van der Waals surface area contributed by atoms with Gasteiger partial charge in [0.1, 0.15) is 0 Å². The maximum Gasteiger partial charge on any atom is 0.323 e. The highest BCUT2D eigenvalue weighted by Gasteiger charge is 2.05. The quantitative estimate of drug-likeness (QED) is 0.796. The summed E-state index contributed by atoms with van der Waals surface area (Å²) in [5, 5.41) is 15.0. The lowest BCUT2D eigenvalue weighted by atomic mass is 10.1. The smallest absolute Gasteiger partial charge is 0.323 e. The number of urea groups is 1. The third-order valence-electron chi connectivity index (χ3n) is 2.94. The molecule has 20 heavy (non-hydrogen) atoms. The zero-order chi connectivity index (χ0) is 14.5. The molecule has 2 rings (SSSR count). The molecule has 104 valence electrons. The van der Waals surface area contributed by atoms with Gasteiger partial charge in [-0.05, 0) is 43.7 Å². The highest BCUT2D eigenvalue weighted by atomic mass is 16.3. The molecule has 0 aliphatic carbocycles. The van der Waals surface area contributed by atoms with Crippen molar-refractivity contribution in [3.8, 4) is 0 Å². The Hall–Kier alpha value is -2.33. The molecule has 0 aliphatic rings. The first-order chi connectivity index (χ1) is 9.54. The Bertz CT molecular complexity index is 592. The van der Waals surface area contributed by atoms with Crippen LogP contribution in [0.3, 0.4) is 0 Å². The van der Waals surface area contributed by atoms with Crippen molar-refractivity contribution in [3.63, 3.8) is 0 Å². The first-order valence-corrected chi connectivity index (χ1v) is 6.47. The van der Waals surface area contributed by atoms with Gasteiger partial charge in [0.15, 0.2) is 0 Å².